The quantitative estimate of drug-likeness (QED) is 0.699. The van der Waals surface area contributed by atoms with E-state index >= 15 is 0 Å². The third kappa shape index (κ3) is 1.79. The van der Waals surface area contributed by atoms with Gasteiger partial charge in [-0.15, -0.1) is 0 Å². The summed E-state index contributed by atoms with van der Waals surface area (Å²) in [6.45, 7) is 6.26. The van der Waals surface area contributed by atoms with Crippen LogP contribution in [-0.2, 0) is 0 Å². The molecule has 0 N–H and O–H groups in total. The minimum atomic E-state index is 0.223. The van der Waals surface area contributed by atoms with E-state index in [4.69, 9.17) is 0 Å². The van der Waals surface area contributed by atoms with Gasteiger partial charge in [0.05, 0.1) is 11.4 Å². The van der Waals surface area contributed by atoms with E-state index in [2.05, 4.69) is 40.9 Å². The highest BCUT2D eigenvalue weighted by molar-refractivity contribution is 6.02. The molecule has 1 atom stereocenters. The van der Waals surface area contributed by atoms with E-state index in [1.807, 2.05) is 12.4 Å². The van der Waals surface area contributed by atoms with Crippen LogP contribution < -0.4 is 0 Å². The van der Waals surface area contributed by atoms with Crippen molar-refractivity contribution in [3.63, 3.8) is 0 Å². The molecule has 2 heterocycles. The van der Waals surface area contributed by atoms with Crippen molar-refractivity contribution in [1.82, 2.24) is 9.97 Å². The normalized spacial score (nSPS) is 19.7. The fraction of sp³-hybridized carbons (Fsp3) is 0.455. The number of fused-ring (bicyclic) bond motifs is 1. The van der Waals surface area contributed by atoms with Crippen molar-refractivity contribution in [3.8, 4) is 0 Å². The molecule has 78 valence electrons. The lowest BCUT2D eigenvalue weighted by Crippen LogP contribution is -2.14. The summed E-state index contributed by atoms with van der Waals surface area (Å²) in [6.07, 6.45) is 5.24. The molecular formula is C11H14N4. The maximum Gasteiger partial charge on any atom is 0.116 e. The summed E-state index contributed by atoms with van der Waals surface area (Å²) in [6, 6.07) is 0. The molecule has 1 aliphatic heterocycles. The van der Waals surface area contributed by atoms with E-state index in [1.165, 1.54) is 0 Å². The summed E-state index contributed by atoms with van der Waals surface area (Å²) >= 11 is 0. The van der Waals surface area contributed by atoms with E-state index in [9.17, 15) is 0 Å². The van der Waals surface area contributed by atoms with Crippen LogP contribution in [0.1, 0.15) is 37.9 Å². The summed E-state index contributed by atoms with van der Waals surface area (Å²) in [5.74, 6) is 0.544. The first kappa shape index (κ1) is 9.96. The molecule has 0 aromatic carbocycles. The molecule has 1 aromatic rings. The summed E-state index contributed by atoms with van der Waals surface area (Å²) in [5, 5.41) is 8.27. The van der Waals surface area contributed by atoms with Crippen LogP contribution in [0.15, 0.2) is 22.7 Å². The lowest BCUT2D eigenvalue weighted by atomic mass is 9.96. The standard InChI is InChI=1S/C11H14N4/c1-7(2)10-11-9(5-12-6-13-11)8(3)4-14-15-10/h4-8H,1-3H3. The molecule has 0 spiro atoms. The smallest absolute Gasteiger partial charge is 0.116 e. The largest absolute Gasteiger partial charge is 0.244 e. The first-order valence-corrected chi connectivity index (χ1v) is 5.11. The molecule has 15 heavy (non-hydrogen) atoms. The Morgan fingerprint density at radius 3 is 2.87 bits per heavy atom. The van der Waals surface area contributed by atoms with Crippen molar-refractivity contribution >= 4 is 11.9 Å². The van der Waals surface area contributed by atoms with Gasteiger partial charge < -0.3 is 0 Å². The molecule has 0 amide bonds. The second kappa shape index (κ2) is 3.88. The van der Waals surface area contributed by atoms with Gasteiger partial charge in [-0.3, -0.25) is 0 Å². The highest BCUT2D eigenvalue weighted by atomic mass is 15.2. The number of aromatic nitrogens is 2. The Bertz CT molecular complexity index is 420. The minimum absolute atomic E-state index is 0.223. The predicted molar refractivity (Wildman–Crippen MR) is 60.3 cm³/mol. The average Bonchev–Trinajstić information content (AvgIpc) is 2.39. The van der Waals surface area contributed by atoms with Gasteiger partial charge in [0.1, 0.15) is 6.33 Å². The Hall–Kier alpha value is -1.58. The summed E-state index contributed by atoms with van der Waals surface area (Å²) in [4.78, 5) is 8.37. The number of hydrogen-bond acceptors (Lipinski definition) is 4. The maximum absolute atomic E-state index is 4.31. The summed E-state index contributed by atoms with van der Waals surface area (Å²) in [7, 11) is 0. The fourth-order valence-electron chi connectivity index (χ4n) is 1.60. The molecule has 1 unspecified atom stereocenters. The Kier molecular flexibility index (Phi) is 2.58. The average molecular weight is 202 g/mol. The molecule has 4 heteroatoms. The van der Waals surface area contributed by atoms with Gasteiger partial charge in [-0.2, -0.15) is 10.2 Å². The predicted octanol–water partition coefficient (Wildman–Crippen LogP) is 2.02. The second-order valence-corrected chi connectivity index (χ2v) is 4.02. The molecule has 0 bridgehead atoms. The lowest BCUT2D eigenvalue weighted by molar-refractivity contribution is 0.866. The monoisotopic (exact) mass is 202 g/mol. The van der Waals surface area contributed by atoms with Gasteiger partial charge in [0, 0.05) is 23.9 Å². The van der Waals surface area contributed by atoms with Crippen LogP contribution in [-0.4, -0.2) is 21.9 Å². The Labute approximate surface area is 89.2 Å². The van der Waals surface area contributed by atoms with Crippen molar-refractivity contribution < 1.29 is 0 Å². The van der Waals surface area contributed by atoms with Crippen molar-refractivity contribution in [3.05, 3.63) is 23.8 Å². The van der Waals surface area contributed by atoms with Gasteiger partial charge in [0.2, 0.25) is 0 Å². The van der Waals surface area contributed by atoms with Gasteiger partial charge in [0.25, 0.3) is 0 Å². The second-order valence-electron chi connectivity index (χ2n) is 4.02. The van der Waals surface area contributed by atoms with Gasteiger partial charge in [-0.25, -0.2) is 9.97 Å². The molecule has 4 nitrogen and oxygen atoms in total. The summed E-state index contributed by atoms with van der Waals surface area (Å²) in [5.41, 5.74) is 2.98. The van der Waals surface area contributed by atoms with E-state index in [0.29, 0.717) is 5.92 Å². The van der Waals surface area contributed by atoms with Crippen LogP contribution in [0.5, 0.6) is 0 Å². The van der Waals surface area contributed by atoms with E-state index in [1.54, 1.807) is 6.33 Å². The van der Waals surface area contributed by atoms with Gasteiger partial charge >= 0.3 is 0 Å². The van der Waals surface area contributed by atoms with Crippen LogP contribution in [0.4, 0.5) is 0 Å². The molecule has 0 radical (unpaired) electrons. The zero-order valence-electron chi connectivity index (χ0n) is 9.18. The topological polar surface area (TPSA) is 50.5 Å². The van der Waals surface area contributed by atoms with Gasteiger partial charge in [0.15, 0.2) is 0 Å². The van der Waals surface area contributed by atoms with Crippen LogP contribution in [0, 0.1) is 5.92 Å². The van der Waals surface area contributed by atoms with Crippen LogP contribution in [0.3, 0.4) is 0 Å². The zero-order chi connectivity index (χ0) is 10.8. The van der Waals surface area contributed by atoms with Crippen molar-refractivity contribution in [2.45, 2.75) is 26.7 Å². The number of nitrogens with zero attached hydrogens (tertiary/aromatic N) is 4. The van der Waals surface area contributed by atoms with Gasteiger partial charge in [-0.1, -0.05) is 20.8 Å². The minimum Gasteiger partial charge on any atom is -0.244 e. The first-order chi connectivity index (χ1) is 7.20. The molecule has 0 fully saturated rings. The molecule has 1 aliphatic rings. The molecular weight excluding hydrogens is 188 g/mol. The van der Waals surface area contributed by atoms with Crippen LogP contribution in [0.2, 0.25) is 0 Å². The SMILES string of the molecule is CC(C)C1=NN=CC(C)c2cncnc21. The van der Waals surface area contributed by atoms with Crippen LogP contribution >= 0.6 is 0 Å². The lowest BCUT2D eigenvalue weighted by Gasteiger charge is -2.11. The Balaban J connectivity index is 2.58. The Morgan fingerprint density at radius 2 is 2.13 bits per heavy atom. The van der Waals surface area contributed by atoms with E-state index in [-0.39, 0.29) is 5.92 Å². The molecule has 0 saturated carbocycles. The number of hydrogen-bond donors (Lipinski definition) is 0. The van der Waals surface area contributed by atoms with E-state index in [0.717, 1.165) is 17.0 Å². The van der Waals surface area contributed by atoms with Crippen molar-refractivity contribution in [1.29, 1.82) is 0 Å². The fourth-order valence-corrected chi connectivity index (χ4v) is 1.60. The maximum atomic E-state index is 4.31. The third-order valence-corrected chi connectivity index (χ3v) is 2.48. The first-order valence-electron chi connectivity index (χ1n) is 5.11. The van der Waals surface area contributed by atoms with E-state index < -0.39 is 0 Å². The molecule has 0 saturated heterocycles. The molecule has 1 aromatic heterocycles. The van der Waals surface area contributed by atoms with Crippen molar-refractivity contribution in [2.24, 2.45) is 16.1 Å². The molecule has 2 rings (SSSR count). The Morgan fingerprint density at radius 1 is 1.33 bits per heavy atom. The molecule has 0 aliphatic carbocycles. The van der Waals surface area contributed by atoms with Gasteiger partial charge in [-0.05, 0) is 5.92 Å². The van der Waals surface area contributed by atoms with Crippen molar-refractivity contribution in [2.75, 3.05) is 0 Å². The zero-order valence-corrected chi connectivity index (χ0v) is 9.18. The van der Waals surface area contributed by atoms with Crippen LogP contribution in [0.25, 0.3) is 0 Å². The summed E-state index contributed by atoms with van der Waals surface area (Å²) < 4.78 is 0. The number of rotatable bonds is 1. The third-order valence-electron chi connectivity index (χ3n) is 2.48. The highest BCUT2D eigenvalue weighted by Gasteiger charge is 2.19. The highest BCUT2D eigenvalue weighted by Crippen LogP contribution is 2.21.